The third-order valence-electron chi connectivity index (χ3n) is 2.15. The van der Waals surface area contributed by atoms with Crippen LogP contribution in [-0.4, -0.2) is 22.6 Å². The summed E-state index contributed by atoms with van der Waals surface area (Å²) in [6.45, 7) is 5.65. The van der Waals surface area contributed by atoms with Gasteiger partial charge in [-0.15, -0.1) is 0 Å². The van der Waals surface area contributed by atoms with Crippen LogP contribution < -0.4 is 0 Å². The van der Waals surface area contributed by atoms with Crippen molar-refractivity contribution >= 4 is 6.08 Å². The van der Waals surface area contributed by atoms with Gasteiger partial charge >= 0.3 is 0 Å². The maximum atomic E-state index is 8.80. The Bertz CT molecular complexity index is 303. The van der Waals surface area contributed by atoms with Crippen molar-refractivity contribution in [3.8, 4) is 0 Å². The molecule has 2 N–H and O–H groups in total. The quantitative estimate of drug-likeness (QED) is 0.722. The van der Waals surface area contributed by atoms with Gasteiger partial charge in [0.25, 0.3) is 0 Å². The van der Waals surface area contributed by atoms with Crippen molar-refractivity contribution in [1.82, 2.24) is 0 Å². The van der Waals surface area contributed by atoms with E-state index < -0.39 is 12.4 Å². The van der Waals surface area contributed by atoms with Crippen molar-refractivity contribution in [2.45, 2.75) is 25.9 Å². The van der Waals surface area contributed by atoms with Crippen LogP contribution in [-0.2, 0) is 11.3 Å². The molecule has 0 radical (unpaired) electrons. The average Bonchev–Trinajstić information content (AvgIpc) is 2.26. The molecule has 1 unspecified atom stereocenters. The second-order valence-corrected chi connectivity index (χ2v) is 3.38. The summed E-state index contributed by atoms with van der Waals surface area (Å²) in [7, 11) is 0. The van der Waals surface area contributed by atoms with Crippen molar-refractivity contribution in [3.05, 3.63) is 42.0 Å². The van der Waals surface area contributed by atoms with E-state index in [0.29, 0.717) is 6.61 Å². The molecule has 82 valence electrons. The van der Waals surface area contributed by atoms with Crippen LogP contribution in [0.3, 0.4) is 0 Å². The van der Waals surface area contributed by atoms with Crippen LogP contribution in [0.5, 0.6) is 0 Å². The van der Waals surface area contributed by atoms with Crippen LogP contribution in [0.1, 0.15) is 18.1 Å². The van der Waals surface area contributed by atoms with Gasteiger partial charge in [-0.3, -0.25) is 0 Å². The van der Waals surface area contributed by atoms with Crippen LogP contribution in [0.15, 0.2) is 30.8 Å². The predicted octanol–water partition coefficient (Wildman–Crippen LogP) is 1.55. The molecular formula is C12H16O3. The van der Waals surface area contributed by atoms with Crippen LogP contribution in [0, 0.1) is 0 Å². The van der Waals surface area contributed by atoms with Gasteiger partial charge in [-0.05, 0) is 18.1 Å². The maximum Gasteiger partial charge on any atom is 0.178 e. The third kappa shape index (κ3) is 3.83. The molecule has 0 spiro atoms. The number of hydrogen-bond donors (Lipinski definition) is 2. The number of rotatable bonds is 5. The molecule has 1 aromatic rings. The summed E-state index contributed by atoms with van der Waals surface area (Å²) in [6, 6.07) is 7.72. The monoisotopic (exact) mass is 208 g/mol. The van der Waals surface area contributed by atoms with E-state index in [1.165, 1.54) is 0 Å². The minimum atomic E-state index is -1.43. The zero-order valence-corrected chi connectivity index (χ0v) is 8.76. The number of aliphatic hydroxyl groups is 2. The van der Waals surface area contributed by atoms with E-state index >= 15 is 0 Å². The SMILES string of the molecule is C=Cc1ccc(COC(C)C(O)O)cc1. The molecule has 0 amide bonds. The lowest BCUT2D eigenvalue weighted by Crippen LogP contribution is -2.25. The molecule has 0 heterocycles. The van der Waals surface area contributed by atoms with Gasteiger partial charge in [0.05, 0.1) is 6.61 Å². The molecule has 3 heteroatoms. The topological polar surface area (TPSA) is 49.7 Å². The Labute approximate surface area is 89.6 Å². The van der Waals surface area contributed by atoms with E-state index in [0.717, 1.165) is 11.1 Å². The van der Waals surface area contributed by atoms with E-state index in [9.17, 15) is 0 Å². The number of aliphatic hydroxyl groups excluding tert-OH is 1. The lowest BCUT2D eigenvalue weighted by molar-refractivity contribution is -0.142. The number of hydrogen-bond acceptors (Lipinski definition) is 3. The molecule has 0 bridgehead atoms. The summed E-state index contributed by atoms with van der Waals surface area (Å²) in [5, 5.41) is 17.6. The van der Waals surface area contributed by atoms with Crippen LogP contribution in [0.25, 0.3) is 6.08 Å². The largest absolute Gasteiger partial charge is 0.369 e. The van der Waals surface area contributed by atoms with Crippen molar-refractivity contribution in [2.75, 3.05) is 0 Å². The first-order valence-electron chi connectivity index (χ1n) is 4.82. The van der Waals surface area contributed by atoms with Crippen molar-refractivity contribution in [1.29, 1.82) is 0 Å². The van der Waals surface area contributed by atoms with E-state index in [1.54, 1.807) is 13.0 Å². The molecule has 0 aliphatic rings. The van der Waals surface area contributed by atoms with Gasteiger partial charge in [0.2, 0.25) is 0 Å². The van der Waals surface area contributed by atoms with Gasteiger partial charge in [0, 0.05) is 0 Å². The molecule has 0 saturated carbocycles. The first-order valence-corrected chi connectivity index (χ1v) is 4.82. The van der Waals surface area contributed by atoms with Gasteiger partial charge in [0.1, 0.15) is 6.10 Å². The van der Waals surface area contributed by atoms with E-state index in [4.69, 9.17) is 14.9 Å². The van der Waals surface area contributed by atoms with E-state index in [-0.39, 0.29) is 0 Å². The Hall–Kier alpha value is -1.16. The third-order valence-corrected chi connectivity index (χ3v) is 2.15. The minimum Gasteiger partial charge on any atom is -0.369 e. The van der Waals surface area contributed by atoms with Gasteiger partial charge < -0.3 is 14.9 Å². The molecular weight excluding hydrogens is 192 g/mol. The first-order chi connectivity index (χ1) is 7.13. The molecule has 0 aromatic heterocycles. The number of ether oxygens (including phenoxy) is 1. The van der Waals surface area contributed by atoms with Crippen molar-refractivity contribution < 1.29 is 14.9 Å². The van der Waals surface area contributed by atoms with E-state index in [1.807, 2.05) is 24.3 Å². The van der Waals surface area contributed by atoms with Crippen LogP contribution in [0.4, 0.5) is 0 Å². The lowest BCUT2D eigenvalue weighted by Gasteiger charge is -2.14. The second-order valence-electron chi connectivity index (χ2n) is 3.38. The zero-order valence-electron chi connectivity index (χ0n) is 8.76. The Balaban J connectivity index is 2.47. The van der Waals surface area contributed by atoms with Gasteiger partial charge in [-0.25, -0.2) is 0 Å². The Kier molecular flexibility index (Phi) is 4.49. The Morgan fingerprint density at radius 3 is 2.40 bits per heavy atom. The molecule has 1 rings (SSSR count). The normalized spacial score (nSPS) is 12.8. The van der Waals surface area contributed by atoms with Gasteiger partial charge in [-0.1, -0.05) is 36.9 Å². The fourth-order valence-electron chi connectivity index (χ4n) is 1.06. The molecule has 1 aromatic carbocycles. The second kappa shape index (κ2) is 5.66. The minimum absolute atomic E-state index is 0.371. The Morgan fingerprint density at radius 1 is 1.33 bits per heavy atom. The molecule has 0 saturated heterocycles. The predicted molar refractivity (Wildman–Crippen MR) is 59.0 cm³/mol. The number of benzene rings is 1. The zero-order chi connectivity index (χ0) is 11.3. The smallest absolute Gasteiger partial charge is 0.178 e. The summed E-state index contributed by atoms with van der Waals surface area (Å²) in [5.74, 6) is 0. The first kappa shape index (κ1) is 11.9. The fraction of sp³-hybridized carbons (Fsp3) is 0.333. The molecule has 3 nitrogen and oxygen atoms in total. The highest BCUT2D eigenvalue weighted by atomic mass is 16.5. The van der Waals surface area contributed by atoms with Crippen molar-refractivity contribution in [2.24, 2.45) is 0 Å². The standard InChI is InChI=1S/C12H16O3/c1-3-10-4-6-11(7-5-10)8-15-9(2)12(13)14/h3-7,9,12-14H,1,8H2,2H3. The highest BCUT2D eigenvalue weighted by molar-refractivity contribution is 5.47. The average molecular weight is 208 g/mol. The fourth-order valence-corrected chi connectivity index (χ4v) is 1.06. The lowest BCUT2D eigenvalue weighted by atomic mass is 10.1. The highest BCUT2D eigenvalue weighted by Gasteiger charge is 2.10. The summed E-state index contributed by atoms with van der Waals surface area (Å²) in [4.78, 5) is 0. The summed E-state index contributed by atoms with van der Waals surface area (Å²) in [6.07, 6.45) is -0.244. The Morgan fingerprint density at radius 2 is 1.93 bits per heavy atom. The maximum absolute atomic E-state index is 8.80. The summed E-state index contributed by atoms with van der Waals surface area (Å²) < 4.78 is 5.24. The molecule has 0 fully saturated rings. The summed E-state index contributed by atoms with van der Waals surface area (Å²) >= 11 is 0. The van der Waals surface area contributed by atoms with E-state index in [2.05, 4.69) is 6.58 Å². The highest BCUT2D eigenvalue weighted by Crippen LogP contribution is 2.08. The van der Waals surface area contributed by atoms with Crippen molar-refractivity contribution in [3.63, 3.8) is 0 Å². The molecule has 0 aliphatic heterocycles. The van der Waals surface area contributed by atoms with Crippen LogP contribution in [0.2, 0.25) is 0 Å². The molecule has 15 heavy (non-hydrogen) atoms. The van der Waals surface area contributed by atoms with Crippen LogP contribution >= 0.6 is 0 Å². The van der Waals surface area contributed by atoms with Gasteiger partial charge in [0.15, 0.2) is 6.29 Å². The summed E-state index contributed by atoms with van der Waals surface area (Å²) in [5.41, 5.74) is 2.04. The molecule has 0 aliphatic carbocycles. The van der Waals surface area contributed by atoms with Gasteiger partial charge in [-0.2, -0.15) is 0 Å². The molecule has 1 atom stereocenters.